The van der Waals surface area contributed by atoms with E-state index >= 15 is 0 Å². The lowest BCUT2D eigenvalue weighted by molar-refractivity contribution is -0.139. The zero-order chi connectivity index (χ0) is 14.5. The second kappa shape index (κ2) is 6.55. The van der Waals surface area contributed by atoms with Crippen LogP contribution < -0.4 is 5.32 Å². The molecule has 0 bridgehead atoms. The number of carboxylic acids is 1. The SMILES string of the molecule is C[C@H](NC(C(=O)O)c1ccccc1)c1cccc(Cl)c1. The Bertz CT molecular complexity index is 586. The number of halogens is 1. The van der Waals surface area contributed by atoms with E-state index in [2.05, 4.69) is 5.32 Å². The summed E-state index contributed by atoms with van der Waals surface area (Å²) in [6, 6.07) is 15.7. The Balaban J connectivity index is 2.19. The number of nitrogens with one attached hydrogen (secondary N) is 1. The lowest BCUT2D eigenvalue weighted by Gasteiger charge is -2.21. The molecular formula is C16H16ClNO2. The summed E-state index contributed by atoms with van der Waals surface area (Å²) in [6.07, 6.45) is 0. The second-order valence-electron chi connectivity index (χ2n) is 4.63. The monoisotopic (exact) mass is 289 g/mol. The number of aliphatic carboxylic acids is 1. The molecular weight excluding hydrogens is 274 g/mol. The molecule has 0 spiro atoms. The standard InChI is InChI=1S/C16H16ClNO2/c1-11(13-8-5-9-14(17)10-13)18-15(16(19)20)12-6-3-2-4-7-12/h2-11,15,18H,1H3,(H,19,20)/t11-,15?/m0/s1. The first-order chi connectivity index (χ1) is 9.58. The van der Waals surface area contributed by atoms with Crippen molar-refractivity contribution in [2.24, 2.45) is 0 Å². The van der Waals surface area contributed by atoms with Crippen LogP contribution in [0, 0.1) is 0 Å². The molecule has 0 fully saturated rings. The Morgan fingerprint density at radius 1 is 1.10 bits per heavy atom. The number of rotatable bonds is 5. The van der Waals surface area contributed by atoms with Crippen molar-refractivity contribution < 1.29 is 9.90 Å². The summed E-state index contributed by atoms with van der Waals surface area (Å²) < 4.78 is 0. The first kappa shape index (κ1) is 14.6. The predicted molar refractivity (Wildman–Crippen MR) is 79.8 cm³/mol. The van der Waals surface area contributed by atoms with E-state index < -0.39 is 12.0 Å². The van der Waals surface area contributed by atoms with Crippen molar-refractivity contribution in [3.63, 3.8) is 0 Å². The molecule has 2 rings (SSSR count). The smallest absolute Gasteiger partial charge is 0.325 e. The van der Waals surface area contributed by atoms with Crippen molar-refractivity contribution in [3.8, 4) is 0 Å². The maximum absolute atomic E-state index is 11.4. The molecule has 104 valence electrons. The van der Waals surface area contributed by atoms with Crippen LogP contribution in [0.3, 0.4) is 0 Å². The van der Waals surface area contributed by atoms with Crippen LogP contribution in [0.1, 0.15) is 30.1 Å². The maximum atomic E-state index is 11.4. The minimum absolute atomic E-state index is 0.116. The zero-order valence-corrected chi connectivity index (χ0v) is 11.8. The molecule has 20 heavy (non-hydrogen) atoms. The Hall–Kier alpha value is -1.84. The van der Waals surface area contributed by atoms with Gasteiger partial charge in [-0.15, -0.1) is 0 Å². The molecule has 2 aromatic carbocycles. The molecule has 0 amide bonds. The van der Waals surface area contributed by atoms with Crippen LogP contribution in [0.4, 0.5) is 0 Å². The van der Waals surface area contributed by atoms with Gasteiger partial charge in [-0.1, -0.05) is 54.1 Å². The molecule has 2 atom stereocenters. The first-order valence-electron chi connectivity index (χ1n) is 6.37. The summed E-state index contributed by atoms with van der Waals surface area (Å²) in [4.78, 5) is 11.4. The third-order valence-electron chi connectivity index (χ3n) is 3.15. The van der Waals surface area contributed by atoms with Crippen molar-refractivity contribution in [2.75, 3.05) is 0 Å². The molecule has 3 nitrogen and oxygen atoms in total. The van der Waals surface area contributed by atoms with Gasteiger partial charge in [-0.2, -0.15) is 0 Å². The minimum atomic E-state index is -0.898. The van der Waals surface area contributed by atoms with Crippen molar-refractivity contribution >= 4 is 17.6 Å². The Kier molecular flexibility index (Phi) is 4.77. The zero-order valence-electron chi connectivity index (χ0n) is 11.1. The van der Waals surface area contributed by atoms with Crippen LogP contribution >= 0.6 is 11.6 Å². The van der Waals surface area contributed by atoms with Crippen LogP contribution in [-0.4, -0.2) is 11.1 Å². The lowest BCUT2D eigenvalue weighted by Crippen LogP contribution is -2.30. The van der Waals surface area contributed by atoms with Gasteiger partial charge in [0.1, 0.15) is 6.04 Å². The van der Waals surface area contributed by atoms with E-state index in [1.165, 1.54) is 0 Å². The third-order valence-corrected chi connectivity index (χ3v) is 3.38. The first-order valence-corrected chi connectivity index (χ1v) is 6.75. The molecule has 4 heteroatoms. The summed E-state index contributed by atoms with van der Waals surface area (Å²) in [5.41, 5.74) is 1.69. The van der Waals surface area contributed by atoms with E-state index in [0.717, 1.165) is 11.1 Å². The van der Waals surface area contributed by atoms with Gasteiger partial charge in [0.2, 0.25) is 0 Å². The number of carbonyl (C=O) groups is 1. The van der Waals surface area contributed by atoms with Gasteiger partial charge in [0, 0.05) is 11.1 Å². The van der Waals surface area contributed by atoms with Crippen molar-refractivity contribution in [1.29, 1.82) is 0 Å². The predicted octanol–water partition coefficient (Wildman–Crippen LogP) is 3.82. The summed E-state index contributed by atoms with van der Waals surface area (Å²) >= 11 is 5.96. The quantitative estimate of drug-likeness (QED) is 0.880. The van der Waals surface area contributed by atoms with Crippen molar-refractivity contribution in [2.45, 2.75) is 19.0 Å². The fourth-order valence-corrected chi connectivity index (χ4v) is 2.28. The van der Waals surface area contributed by atoms with Gasteiger partial charge in [-0.25, -0.2) is 0 Å². The highest BCUT2D eigenvalue weighted by atomic mass is 35.5. The Morgan fingerprint density at radius 3 is 2.35 bits per heavy atom. The van der Waals surface area contributed by atoms with Gasteiger partial charge in [0.05, 0.1) is 0 Å². The van der Waals surface area contributed by atoms with Crippen LogP contribution in [0.15, 0.2) is 54.6 Å². The molecule has 0 saturated carbocycles. The highest BCUT2D eigenvalue weighted by molar-refractivity contribution is 6.30. The van der Waals surface area contributed by atoms with E-state index in [1.807, 2.05) is 43.3 Å². The molecule has 2 aromatic rings. The molecule has 1 unspecified atom stereocenters. The molecule has 0 heterocycles. The van der Waals surface area contributed by atoms with E-state index in [1.54, 1.807) is 18.2 Å². The van der Waals surface area contributed by atoms with Crippen molar-refractivity contribution in [1.82, 2.24) is 5.32 Å². The second-order valence-corrected chi connectivity index (χ2v) is 5.06. The topological polar surface area (TPSA) is 49.3 Å². The third kappa shape index (κ3) is 3.59. The highest BCUT2D eigenvalue weighted by Gasteiger charge is 2.21. The maximum Gasteiger partial charge on any atom is 0.325 e. The van der Waals surface area contributed by atoms with Crippen LogP contribution in [0.25, 0.3) is 0 Å². The van der Waals surface area contributed by atoms with Crippen LogP contribution in [0.5, 0.6) is 0 Å². The number of carboxylic acid groups (broad SMARTS) is 1. The fraction of sp³-hybridized carbons (Fsp3) is 0.188. The van der Waals surface area contributed by atoms with E-state index in [4.69, 9.17) is 11.6 Å². The molecule has 0 saturated heterocycles. The minimum Gasteiger partial charge on any atom is -0.480 e. The van der Waals surface area contributed by atoms with Gasteiger partial charge in [0.15, 0.2) is 0 Å². The molecule has 0 aromatic heterocycles. The van der Waals surface area contributed by atoms with Gasteiger partial charge in [-0.3, -0.25) is 10.1 Å². The average molecular weight is 290 g/mol. The summed E-state index contributed by atoms with van der Waals surface area (Å²) in [6.45, 7) is 1.92. The van der Waals surface area contributed by atoms with Gasteiger partial charge in [-0.05, 0) is 30.2 Å². The van der Waals surface area contributed by atoms with Gasteiger partial charge in [0.25, 0.3) is 0 Å². The van der Waals surface area contributed by atoms with Gasteiger partial charge < -0.3 is 5.11 Å². The summed E-state index contributed by atoms with van der Waals surface area (Å²) in [7, 11) is 0. The largest absolute Gasteiger partial charge is 0.480 e. The summed E-state index contributed by atoms with van der Waals surface area (Å²) in [5.74, 6) is -0.898. The molecule has 0 aliphatic rings. The number of hydrogen-bond donors (Lipinski definition) is 2. The van der Waals surface area contributed by atoms with Crippen LogP contribution in [-0.2, 0) is 4.79 Å². The highest BCUT2D eigenvalue weighted by Crippen LogP contribution is 2.22. The van der Waals surface area contributed by atoms with E-state index in [-0.39, 0.29) is 6.04 Å². The fourth-order valence-electron chi connectivity index (χ4n) is 2.08. The van der Waals surface area contributed by atoms with Crippen molar-refractivity contribution in [3.05, 3.63) is 70.7 Å². The average Bonchev–Trinajstić information content (AvgIpc) is 2.45. The lowest BCUT2D eigenvalue weighted by atomic mass is 10.0. The molecule has 2 N–H and O–H groups in total. The molecule has 0 aliphatic heterocycles. The Morgan fingerprint density at radius 2 is 1.75 bits per heavy atom. The number of hydrogen-bond acceptors (Lipinski definition) is 2. The number of benzene rings is 2. The normalized spacial score (nSPS) is 13.7. The van der Waals surface area contributed by atoms with E-state index in [0.29, 0.717) is 5.02 Å². The summed E-state index contributed by atoms with van der Waals surface area (Å²) in [5, 5.41) is 13.1. The van der Waals surface area contributed by atoms with Crippen LogP contribution in [0.2, 0.25) is 5.02 Å². The van der Waals surface area contributed by atoms with E-state index in [9.17, 15) is 9.90 Å². The van der Waals surface area contributed by atoms with Gasteiger partial charge >= 0.3 is 5.97 Å². The molecule has 0 aliphatic carbocycles. The molecule has 0 radical (unpaired) electrons. The Labute approximate surface area is 123 Å².